The number of amides is 4. The monoisotopic (exact) mass is 465 g/mol. The first kappa shape index (κ1) is 20.9. The van der Waals surface area contributed by atoms with Crippen LogP contribution in [-0.2, 0) is 19.6 Å². The standard InChI is InChI=1S/C19H13ClFN3O6S/c20-13-8-10(2-4-14(13)21)31(29,30)23-9-1-3-11-12(7-9)19(28)24(18(11)27)15-5-6-16(25)22-17(15)26/h1-4,7-8,15,23H,5-6H2,(H,22,25,26). The lowest BCUT2D eigenvalue weighted by Crippen LogP contribution is -2.54. The molecule has 160 valence electrons. The molecule has 0 aromatic heterocycles. The molecule has 31 heavy (non-hydrogen) atoms. The van der Waals surface area contributed by atoms with E-state index in [1.165, 1.54) is 18.2 Å². The smallest absolute Gasteiger partial charge is 0.262 e. The topological polar surface area (TPSA) is 130 Å². The van der Waals surface area contributed by atoms with Crippen LogP contribution in [0.4, 0.5) is 10.1 Å². The molecule has 2 N–H and O–H groups in total. The van der Waals surface area contributed by atoms with Crippen LogP contribution in [0, 0.1) is 5.82 Å². The average Bonchev–Trinajstić information content (AvgIpc) is 2.94. The predicted octanol–water partition coefficient (Wildman–Crippen LogP) is 1.68. The number of halogens is 2. The highest BCUT2D eigenvalue weighted by Crippen LogP contribution is 2.30. The molecule has 2 aliphatic rings. The third kappa shape index (κ3) is 3.66. The molecule has 12 heteroatoms. The van der Waals surface area contributed by atoms with Crippen LogP contribution in [0.2, 0.25) is 5.02 Å². The lowest BCUT2D eigenvalue weighted by Gasteiger charge is -2.27. The Bertz CT molecular complexity index is 1280. The SMILES string of the molecule is O=C1CCC(N2C(=O)c3ccc(NS(=O)(=O)c4ccc(F)c(Cl)c4)cc3C2=O)C(=O)N1. The van der Waals surface area contributed by atoms with Crippen molar-refractivity contribution < 1.29 is 32.0 Å². The quantitative estimate of drug-likeness (QED) is 0.661. The van der Waals surface area contributed by atoms with Gasteiger partial charge < -0.3 is 0 Å². The van der Waals surface area contributed by atoms with Gasteiger partial charge in [0.15, 0.2) is 0 Å². The van der Waals surface area contributed by atoms with E-state index in [-0.39, 0.29) is 39.6 Å². The molecular weight excluding hydrogens is 453 g/mol. The van der Waals surface area contributed by atoms with Gasteiger partial charge in [0.1, 0.15) is 11.9 Å². The molecule has 2 aromatic carbocycles. The highest BCUT2D eigenvalue weighted by molar-refractivity contribution is 7.92. The number of rotatable bonds is 4. The minimum atomic E-state index is -4.16. The van der Waals surface area contributed by atoms with Crippen molar-refractivity contribution in [1.82, 2.24) is 10.2 Å². The Kier molecular flexibility index (Phi) is 5.02. The summed E-state index contributed by atoms with van der Waals surface area (Å²) < 4.78 is 40.7. The molecule has 0 bridgehead atoms. The Morgan fingerprint density at radius 2 is 1.74 bits per heavy atom. The summed E-state index contributed by atoms with van der Waals surface area (Å²) in [5.41, 5.74) is -0.111. The highest BCUT2D eigenvalue weighted by Gasteiger charge is 2.44. The molecule has 4 rings (SSSR count). The van der Waals surface area contributed by atoms with Crippen LogP contribution < -0.4 is 10.0 Å². The number of nitrogens with one attached hydrogen (secondary N) is 2. The number of hydrogen-bond donors (Lipinski definition) is 2. The van der Waals surface area contributed by atoms with Crippen molar-refractivity contribution in [3.8, 4) is 0 Å². The van der Waals surface area contributed by atoms with Gasteiger partial charge in [-0.2, -0.15) is 0 Å². The Labute approximate surface area is 180 Å². The second kappa shape index (κ2) is 7.43. The van der Waals surface area contributed by atoms with Gasteiger partial charge in [0.2, 0.25) is 11.8 Å². The molecule has 1 atom stereocenters. The Balaban J connectivity index is 1.62. The lowest BCUT2D eigenvalue weighted by atomic mass is 10.0. The fourth-order valence-electron chi connectivity index (χ4n) is 3.39. The summed E-state index contributed by atoms with van der Waals surface area (Å²) in [5, 5.41) is 1.71. The largest absolute Gasteiger partial charge is 0.295 e. The molecule has 1 saturated heterocycles. The number of benzene rings is 2. The Morgan fingerprint density at radius 3 is 2.42 bits per heavy atom. The maximum Gasteiger partial charge on any atom is 0.262 e. The number of hydrogen-bond acceptors (Lipinski definition) is 6. The van der Waals surface area contributed by atoms with Crippen LogP contribution in [0.15, 0.2) is 41.3 Å². The number of carbonyl (C=O) groups is 4. The minimum absolute atomic E-state index is 0.000940. The fraction of sp³-hybridized carbons (Fsp3) is 0.158. The number of carbonyl (C=O) groups excluding carboxylic acids is 4. The van der Waals surface area contributed by atoms with Crippen LogP contribution in [-0.4, -0.2) is 43.0 Å². The van der Waals surface area contributed by atoms with Gasteiger partial charge in [0.05, 0.1) is 21.0 Å². The van der Waals surface area contributed by atoms with Crippen LogP contribution in [0.3, 0.4) is 0 Å². The van der Waals surface area contributed by atoms with Crippen LogP contribution >= 0.6 is 11.6 Å². The predicted molar refractivity (Wildman–Crippen MR) is 105 cm³/mol. The molecule has 1 unspecified atom stereocenters. The summed E-state index contributed by atoms with van der Waals surface area (Å²) in [6.45, 7) is 0. The Morgan fingerprint density at radius 1 is 1.03 bits per heavy atom. The summed E-state index contributed by atoms with van der Waals surface area (Å²) >= 11 is 5.64. The second-order valence-corrected chi connectivity index (χ2v) is 8.98. The first-order valence-electron chi connectivity index (χ1n) is 8.92. The van der Waals surface area contributed by atoms with E-state index in [1.54, 1.807) is 0 Å². The van der Waals surface area contributed by atoms with Crippen LogP contribution in [0.1, 0.15) is 33.6 Å². The van der Waals surface area contributed by atoms with E-state index in [2.05, 4.69) is 10.0 Å². The van der Waals surface area contributed by atoms with Gasteiger partial charge in [-0.05, 0) is 42.8 Å². The molecule has 0 spiro atoms. The van der Waals surface area contributed by atoms with Crippen molar-refractivity contribution >= 4 is 50.9 Å². The second-order valence-electron chi connectivity index (χ2n) is 6.89. The van der Waals surface area contributed by atoms with Crippen molar-refractivity contribution in [3.63, 3.8) is 0 Å². The first-order chi connectivity index (χ1) is 14.6. The molecule has 2 heterocycles. The molecule has 0 radical (unpaired) electrons. The molecule has 0 aliphatic carbocycles. The van der Waals surface area contributed by atoms with Gasteiger partial charge >= 0.3 is 0 Å². The van der Waals surface area contributed by atoms with E-state index >= 15 is 0 Å². The molecule has 9 nitrogen and oxygen atoms in total. The molecule has 1 fully saturated rings. The molecule has 0 saturated carbocycles. The maximum absolute atomic E-state index is 13.3. The van der Waals surface area contributed by atoms with E-state index in [4.69, 9.17) is 11.6 Å². The van der Waals surface area contributed by atoms with Crippen molar-refractivity contribution in [3.05, 3.63) is 58.4 Å². The van der Waals surface area contributed by atoms with Crippen molar-refractivity contribution in [2.75, 3.05) is 4.72 Å². The van der Waals surface area contributed by atoms with E-state index in [9.17, 15) is 32.0 Å². The fourth-order valence-corrected chi connectivity index (χ4v) is 4.71. The summed E-state index contributed by atoms with van der Waals surface area (Å²) in [6, 6.07) is 5.44. The molecule has 2 aliphatic heterocycles. The average molecular weight is 466 g/mol. The number of nitrogens with zero attached hydrogens (tertiary/aromatic N) is 1. The van der Waals surface area contributed by atoms with Gasteiger partial charge in [-0.3, -0.25) is 34.1 Å². The number of anilines is 1. The summed E-state index contributed by atoms with van der Waals surface area (Å²) in [5.74, 6) is -3.51. The van der Waals surface area contributed by atoms with E-state index < -0.39 is 45.5 Å². The zero-order valence-electron chi connectivity index (χ0n) is 15.5. The van der Waals surface area contributed by atoms with Crippen LogP contribution in [0.5, 0.6) is 0 Å². The maximum atomic E-state index is 13.3. The van der Waals surface area contributed by atoms with E-state index in [0.29, 0.717) is 0 Å². The van der Waals surface area contributed by atoms with Gasteiger partial charge in [-0.25, -0.2) is 12.8 Å². The lowest BCUT2D eigenvalue weighted by molar-refractivity contribution is -0.136. The van der Waals surface area contributed by atoms with Gasteiger partial charge in [-0.1, -0.05) is 11.6 Å². The van der Waals surface area contributed by atoms with Gasteiger partial charge in [0, 0.05) is 12.1 Å². The third-order valence-corrected chi connectivity index (χ3v) is 6.56. The molecular formula is C19H13ClFN3O6S. The number of imide groups is 2. The van der Waals surface area contributed by atoms with Crippen LogP contribution in [0.25, 0.3) is 0 Å². The normalized spacial score (nSPS) is 18.8. The molecule has 4 amide bonds. The number of sulfonamides is 1. The third-order valence-electron chi connectivity index (χ3n) is 4.89. The summed E-state index contributed by atoms with van der Waals surface area (Å²) in [7, 11) is -4.16. The zero-order valence-corrected chi connectivity index (χ0v) is 17.1. The Hall–Kier alpha value is -3.31. The zero-order chi connectivity index (χ0) is 22.5. The van der Waals surface area contributed by atoms with E-state index in [1.807, 2.05) is 0 Å². The number of piperidine rings is 1. The van der Waals surface area contributed by atoms with Gasteiger partial charge in [-0.15, -0.1) is 0 Å². The van der Waals surface area contributed by atoms with Crippen molar-refractivity contribution in [2.45, 2.75) is 23.8 Å². The summed E-state index contributed by atoms with van der Waals surface area (Å²) in [4.78, 5) is 49.4. The van der Waals surface area contributed by atoms with Crippen molar-refractivity contribution in [2.24, 2.45) is 0 Å². The highest BCUT2D eigenvalue weighted by atomic mass is 35.5. The van der Waals surface area contributed by atoms with Gasteiger partial charge in [0.25, 0.3) is 21.8 Å². The van der Waals surface area contributed by atoms with Crippen molar-refractivity contribution in [1.29, 1.82) is 0 Å². The number of fused-ring (bicyclic) bond motifs is 1. The summed E-state index contributed by atoms with van der Waals surface area (Å²) in [6.07, 6.45) is -0.0178. The first-order valence-corrected chi connectivity index (χ1v) is 10.8. The minimum Gasteiger partial charge on any atom is -0.295 e. The molecule has 2 aromatic rings. The van der Waals surface area contributed by atoms with E-state index in [0.717, 1.165) is 23.1 Å².